The topological polar surface area (TPSA) is 54.5 Å². The Morgan fingerprint density at radius 2 is 1.52 bits per heavy atom. The van der Waals surface area contributed by atoms with Gasteiger partial charge in [-0.15, -0.1) is 0 Å². The Hall–Kier alpha value is -1.36. The molecule has 4 nitrogen and oxygen atoms in total. The molecular weight excluding hydrogens is 406 g/mol. The molecular formula is C26H41NO3S. The van der Waals surface area contributed by atoms with Gasteiger partial charge in [0, 0.05) is 31.1 Å². The van der Waals surface area contributed by atoms with Crippen LogP contribution in [0.1, 0.15) is 72.3 Å². The lowest BCUT2D eigenvalue weighted by Gasteiger charge is -2.36. The van der Waals surface area contributed by atoms with Crippen LogP contribution < -0.4 is 4.90 Å². The van der Waals surface area contributed by atoms with Crippen molar-refractivity contribution in [2.45, 2.75) is 77.9 Å². The molecule has 1 saturated carbocycles. The summed E-state index contributed by atoms with van der Waals surface area (Å²) in [5.74, 6) is 2.29. The van der Waals surface area contributed by atoms with Gasteiger partial charge in [0.15, 0.2) is 9.84 Å². The molecule has 2 fully saturated rings. The van der Waals surface area contributed by atoms with Crippen LogP contribution in [-0.2, 0) is 21.1 Å². The third-order valence-electron chi connectivity index (χ3n) is 7.24. The van der Waals surface area contributed by atoms with Gasteiger partial charge >= 0.3 is 0 Å². The minimum absolute atomic E-state index is 0.0806. The minimum Gasteiger partial charge on any atom is -0.371 e. The zero-order valence-corrected chi connectivity index (χ0v) is 20.9. The molecule has 0 unspecified atom stereocenters. The Kier molecular flexibility index (Phi) is 7.55. The first-order valence-corrected chi connectivity index (χ1v) is 13.7. The van der Waals surface area contributed by atoms with Gasteiger partial charge < -0.3 is 4.90 Å². The van der Waals surface area contributed by atoms with Gasteiger partial charge in [0.25, 0.3) is 0 Å². The summed E-state index contributed by atoms with van der Waals surface area (Å²) in [7, 11) is -3.09. The van der Waals surface area contributed by atoms with Gasteiger partial charge in [-0.2, -0.15) is 0 Å². The number of benzene rings is 1. The van der Waals surface area contributed by atoms with E-state index in [1.807, 2.05) is 0 Å². The van der Waals surface area contributed by atoms with Gasteiger partial charge in [0.1, 0.15) is 5.78 Å². The normalized spacial score (nSPS) is 27.8. The summed E-state index contributed by atoms with van der Waals surface area (Å²) < 4.78 is 24.3. The number of piperidine rings is 1. The predicted octanol–water partition coefficient (Wildman–Crippen LogP) is 5.30. The van der Waals surface area contributed by atoms with E-state index in [9.17, 15) is 13.2 Å². The number of Topliss-reactive ketones (excluding diaryl/α,β-unsaturated/α-hetero) is 1. The lowest BCUT2D eigenvalue weighted by Crippen LogP contribution is -2.38. The quantitative estimate of drug-likeness (QED) is 0.594. The number of nitrogens with zero attached hydrogens (tertiary/aromatic N) is 1. The maximum Gasteiger partial charge on any atom is 0.155 e. The van der Waals surface area contributed by atoms with Crippen molar-refractivity contribution in [3.05, 3.63) is 29.8 Å². The van der Waals surface area contributed by atoms with Crippen LogP contribution >= 0.6 is 0 Å². The highest BCUT2D eigenvalue weighted by Crippen LogP contribution is 2.33. The number of hydrogen-bond donors (Lipinski definition) is 0. The highest BCUT2D eigenvalue weighted by Gasteiger charge is 2.34. The van der Waals surface area contributed by atoms with E-state index in [1.54, 1.807) is 20.8 Å². The first-order valence-electron chi connectivity index (χ1n) is 12.0. The number of hydrogen-bond acceptors (Lipinski definition) is 4. The van der Waals surface area contributed by atoms with E-state index in [2.05, 4.69) is 43.0 Å². The molecule has 1 saturated heterocycles. The number of sulfone groups is 1. The van der Waals surface area contributed by atoms with Gasteiger partial charge in [-0.3, -0.25) is 4.79 Å². The van der Waals surface area contributed by atoms with Crippen LogP contribution in [0.2, 0.25) is 0 Å². The zero-order chi connectivity index (χ0) is 22.8. The molecule has 2 aliphatic rings. The summed E-state index contributed by atoms with van der Waals surface area (Å²) in [5, 5.41) is 0. The fourth-order valence-corrected chi connectivity index (χ4v) is 6.71. The van der Waals surface area contributed by atoms with Gasteiger partial charge in [-0.25, -0.2) is 8.42 Å². The number of rotatable bonds is 6. The molecule has 1 aromatic carbocycles. The van der Waals surface area contributed by atoms with Crippen molar-refractivity contribution >= 4 is 21.3 Å². The number of carbonyl (C=O) groups excluding carboxylic acids is 1. The summed E-state index contributed by atoms with van der Waals surface area (Å²) >= 11 is 0. The summed E-state index contributed by atoms with van der Waals surface area (Å²) in [5.41, 5.74) is 2.35. The zero-order valence-electron chi connectivity index (χ0n) is 20.1. The average Bonchev–Trinajstić information content (AvgIpc) is 2.67. The lowest BCUT2D eigenvalue weighted by atomic mass is 9.79. The third kappa shape index (κ3) is 6.34. The number of ketones is 1. The monoisotopic (exact) mass is 447 g/mol. The molecule has 1 heterocycles. The van der Waals surface area contributed by atoms with Crippen molar-refractivity contribution in [1.29, 1.82) is 0 Å². The van der Waals surface area contributed by atoms with E-state index in [4.69, 9.17) is 0 Å². The number of carbonyl (C=O) groups is 1. The van der Waals surface area contributed by atoms with Crippen molar-refractivity contribution in [2.24, 2.45) is 23.7 Å². The Morgan fingerprint density at radius 1 is 0.968 bits per heavy atom. The van der Waals surface area contributed by atoms with Gasteiger partial charge in [-0.1, -0.05) is 26.0 Å². The Morgan fingerprint density at radius 3 is 2.03 bits per heavy atom. The summed E-state index contributed by atoms with van der Waals surface area (Å²) in [4.78, 5) is 15.3. The highest BCUT2D eigenvalue weighted by atomic mass is 32.2. The van der Waals surface area contributed by atoms with Crippen molar-refractivity contribution in [3.8, 4) is 0 Å². The average molecular weight is 448 g/mol. The van der Waals surface area contributed by atoms with Crippen LogP contribution in [0, 0.1) is 23.7 Å². The summed E-state index contributed by atoms with van der Waals surface area (Å²) in [6.45, 7) is 12.2. The Labute approximate surface area is 189 Å². The standard InChI is InChI=1S/C26H41NO3S/c1-19-14-20(2)17-27(16-19)24-12-8-21(9-13-24)15-25(28)23-10-6-22(7-11-23)18-31(29,30)26(3,4)5/h8-9,12-13,19-20,22-23H,6-7,10-11,14-18H2,1-5H3/t19-,20-,22?,23?/m1/s1. The molecule has 0 aromatic heterocycles. The minimum atomic E-state index is -3.09. The van der Waals surface area contributed by atoms with Gasteiger partial charge in [0.05, 0.1) is 10.5 Å². The number of anilines is 1. The molecule has 0 spiro atoms. The van der Waals surface area contributed by atoms with Crippen LogP contribution in [0.5, 0.6) is 0 Å². The second-order valence-electron chi connectivity index (χ2n) is 11.3. The second kappa shape index (κ2) is 9.64. The third-order valence-corrected chi connectivity index (χ3v) is 10.0. The van der Waals surface area contributed by atoms with Crippen LogP contribution in [-0.4, -0.2) is 37.8 Å². The van der Waals surface area contributed by atoms with Gasteiger partial charge in [0.2, 0.25) is 0 Å². The lowest BCUT2D eigenvalue weighted by molar-refractivity contribution is -0.123. The summed E-state index contributed by atoms with van der Waals surface area (Å²) in [6.07, 6.45) is 5.12. The van der Waals surface area contributed by atoms with Crippen LogP contribution in [0.25, 0.3) is 0 Å². The van der Waals surface area contributed by atoms with E-state index < -0.39 is 14.6 Å². The molecule has 5 heteroatoms. The molecule has 3 rings (SSSR count). The van der Waals surface area contributed by atoms with E-state index in [-0.39, 0.29) is 17.6 Å². The maximum atomic E-state index is 12.9. The van der Waals surface area contributed by atoms with Crippen LogP contribution in [0.4, 0.5) is 5.69 Å². The fourth-order valence-electron chi connectivity index (χ4n) is 5.26. The molecule has 0 amide bonds. The van der Waals surface area contributed by atoms with Crippen molar-refractivity contribution in [1.82, 2.24) is 0 Å². The second-order valence-corrected chi connectivity index (χ2v) is 14.1. The van der Waals surface area contributed by atoms with Crippen LogP contribution in [0.3, 0.4) is 0 Å². The van der Waals surface area contributed by atoms with E-state index in [1.165, 1.54) is 12.1 Å². The molecule has 1 aliphatic carbocycles. The molecule has 0 bridgehead atoms. The fraction of sp³-hybridized carbons (Fsp3) is 0.731. The molecule has 2 atom stereocenters. The van der Waals surface area contributed by atoms with E-state index >= 15 is 0 Å². The Balaban J connectivity index is 1.50. The molecule has 1 aliphatic heterocycles. The first kappa shape index (κ1) is 24.3. The molecule has 1 aromatic rings. The predicted molar refractivity (Wildman–Crippen MR) is 129 cm³/mol. The van der Waals surface area contributed by atoms with Crippen LogP contribution in [0.15, 0.2) is 24.3 Å². The van der Waals surface area contributed by atoms with Crippen molar-refractivity contribution < 1.29 is 13.2 Å². The summed E-state index contributed by atoms with van der Waals surface area (Å²) in [6, 6.07) is 8.56. The largest absolute Gasteiger partial charge is 0.371 e. The molecule has 0 radical (unpaired) electrons. The SMILES string of the molecule is C[C@@H]1C[C@@H](C)CN(c2ccc(CC(=O)C3CCC(CS(=O)(=O)C(C)(C)C)CC3)cc2)C1. The maximum absolute atomic E-state index is 12.9. The van der Waals surface area contributed by atoms with E-state index in [0.29, 0.717) is 12.2 Å². The van der Waals surface area contributed by atoms with Crippen molar-refractivity contribution in [2.75, 3.05) is 23.7 Å². The molecule has 0 N–H and O–H groups in total. The first-order chi connectivity index (χ1) is 14.4. The molecule has 31 heavy (non-hydrogen) atoms. The molecule has 174 valence electrons. The Bertz CT molecular complexity index is 836. The van der Waals surface area contributed by atoms with E-state index in [0.717, 1.165) is 56.2 Å². The smallest absolute Gasteiger partial charge is 0.155 e. The highest BCUT2D eigenvalue weighted by molar-refractivity contribution is 7.92. The van der Waals surface area contributed by atoms with Crippen molar-refractivity contribution in [3.63, 3.8) is 0 Å². The van der Waals surface area contributed by atoms with Gasteiger partial charge in [-0.05, 0) is 88.3 Å².